The summed E-state index contributed by atoms with van der Waals surface area (Å²) >= 11 is 5.89. The molecule has 1 aromatic carbocycles. The summed E-state index contributed by atoms with van der Waals surface area (Å²) in [5.74, 6) is -0.396. The standard InChI is InChI=1S/C18H18ClFN4O/c1-13(19)11-24-17-9-16(20)3-2-14(17)8-15(18(24)25)10-21-4-6-23-7-5-22-12-23/h2-3,5,7-9,12,21H,1,4,6,10-11H2. The summed E-state index contributed by atoms with van der Waals surface area (Å²) in [5, 5.41) is 4.35. The van der Waals surface area contributed by atoms with Crippen molar-refractivity contribution in [1.29, 1.82) is 0 Å². The third kappa shape index (κ3) is 4.15. The summed E-state index contributed by atoms with van der Waals surface area (Å²) < 4.78 is 17.0. The Morgan fingerprint density at radius 2 is 2.20 bits per heavy atom. The Bertz CT molecular complexity index is 950. The molecule has 0 bridgehead atoms. The van der Waals surface area contributed by atoms with E-state index in [1.807, 2.05) is 10.8 Å². The van der Waals surface area contributed by atoms with Crippen molar-refractivity contribution >= 4 is 22.5 Å². The molecule has 5 nitrogen and oxygen atoms in total. The number of hydrogen-bond donors (Lipinski definition) is 1. The Balaban J connectivity index is 1.84. The highest BCUT2D eigenvalue weighted by Crippen LogP contribution is 2.17. The van der Waals surface area contributed by atoms with Crippen LogP contribution in [-0.2, 0) is 19.6 Å². The molecule has 0 saturated carbocycles. The summed E-state index contributed by atoms with van der Waals surface area (Å²) in [6, 6.07) is 6.16. The van der Waals surface area contributed by atoms with Crippen LogP contribution in [0.15, 0.2) is 59.4 Å². The van der Waals surface area contributed by atoms with Gasteiger partial charge in [0.25, 0.3) is 5.56 Å². The highest BCUT2D eigenvalue weighted by Gasteiger charge is 2.10. The SMILES string of the molecule is C=C(Cl)Cn1c(=O)c(CNCCn2ccnc2)cc2ccc(F)cc21. The van der Waals surface area contributed by atoms with Crippen molar-refractivity contribution in [3.63, 3.8) is 0 Å². The van der Waals surface area contributed by atoms with Crippen LogP contribution in [0.1, 0.15) is 5.56 Å². The fourth-order valence-electron chi connectivity index (χ4n) is 2.71. The average molecular weight is 361 g/mol. The van der Waals surface area contributed by atoms with E-state index in [0.29, 0.717) is 29.2 Å². The normalized spacial score (nSPS) is 11.1. The molecule has 0 aliphatic heterocycles. The number of nitrogens with one attached hydrogen (secondary N) is 1. The molecule has 2 aromatic heterocycles. The van der Waals surface area contributed by atoms with Crippen LogP contribution >= 0.6 is 11.6 Å². The van der Waals surface area contributed by atoms with Gasteiger partial charge in [0.2, 0.25) is 0 Å². The van der Waals surface area contributed by atoms with Crippen molar-refractivity contribution in [2.45, 2.75) is 19.6 Å². The van der Waals surface area contributed by atoms with Gasteiger partial charge in [-0.2, -0.15) is 0 Å². The fourth-order valence-corrected chi connectivity index (χ4v) is 2.83. The summed E-state index contributed by atoms with van der Waals surface area (Å²) in [5.41, 5.74) is 0.909. The molecule has 7 heteroatoms. The summed E-state index contributed by atoms with van der Waals surface area (Å²) in [7, 11) is 0. The van der Waals surface area contributed by atoms with Gasteiger partial charge in [0, 0.05) is 42.6 Å². The van der Waals surface area contributed by atoms with E-state index in [2.05, 4.69) is 16.9 Å². The van der Waals surface area contributed by atoms with Crippen LogP contribution in [0.25, 0.3) is 10.9 Å². The lowest BCUT2D eigenvalue weighted by Gasteiger charge is -2.13. The second-order valence-corrected chi connectivity index (χ2v) is 6.29. The highest BCUT2D eigenvalue weighted by molar-refractivity contribution is 6.29. The van der Waals surface area contributed by atoms with Crippen LogP contribution in [0.4, 0.5) is 4.39 Å². The maximum atomic E-state index is 13.6. The molecular formula is C18H18ClFN4O. The van der Waals surface area contributed by atoms with Crippen LogP contribution in [-0.4, -0.2) is 20.7 Å². The first-order chi connectivity index (χ1) is 12.0. The third-order valence-corrected chi connectivity index (χ3v) is 4.00. The van der Waals surface area contributed by atoms with E-state index in [4.69, 9.17) is 11.6 Å². The zero-order chi connectivity index (χ0) is 17.8. The van der Waals surface area contributed by atoms with Gasteiger partial charge < -0.3 is 14.5 Å². The van der Waals surface area contributed by atoms with E-state index in [0.717, 1.165) is 11.9 Å². The van der Waals surface area contributed by atoms with Gasteiger partial charge in [0.1, 0.15) is 5.82 Å². The molecule has 0 amide bonds. The Morgan fingerprint density at radius 3 is 2.92 bits per heavy atom. The van der Waals surface area contributed by atoms with Crippen LogP contribution in [0, 0.1) is 5.82 Å². The zero-order valence-corrected chi connectivity index (χ0v) is 14.3. The lowest BCUT2D eigenvalue weighted by molar-refractivity contribution is 0.592. The molecule has 0 radical (unpaired) electrons. The van der Waals surface area contributed by atoms with Crippen molar-refractivity contribution in [2.75, 3.05) is 6.54 Å². The van der Waals surface area contributed by atoms with Crippen LogP contribution in [0.2, 0.25) is 0 Å². The largest absolute Gasteiger partial charge is 0.336 e. The highest BCUT2D eigenvalue weighted by atomic mass is 35.5. The lowest BCUT2D eigenvalue weighted by atomic mass is 10.1. The van der Waals surface area contributed by atoms with Crippen molar-refractivity contribution < 1.29 is 4.39 Å². The molecule has 0 atom stereocenters. The van der Waals surface area contributed by atoms with Gasteiger partial charge in [-0.05, 0) is 29.7 Å². The number of aromatic nitrogens is 3. The second-order valence-electron chi connectivity index (χ2n) is 5.76. The molecule has 2 heterocycles. The van der Waals surface area contributed by atoms with Gasteiger partial charge in [0.15, 0.2) is 0 Å². The predicted molar refractivity (Wildman–Crippen MR) is 97.1 cm³/mol. The molecule has 25 heavy (non-hydrogen) atoms. The number of pyridine rings is 1. The van der Waals surface area contributed by atoms with Crippen LogP contribution in [0.3, 0.4) is 0 Å². The summed E-state index contributed by atoms with van der Waals surface area (Å²) in [6.07, 6.45) is 5.34. The number of fused-ring (bicyclic) bond motifs is 1. The van der Waals surface area contributed by atoms with E-state index in [9.17, 15) is 9.18 Å². The first-order valence-electron chi connectivity index (χ1n) is 7.86. The number of halogens is 2. The quantitative estimate of drug-likeness (QED) is 0.659. The van der Waals surface area contributed by atoms with Crippen molar-refractivity contribution in [2.24, 2.45) is 0 Å². The van der Waals surface area contributed by atoms with E-state index in [1.165, 1.54) is 16.7 Å². The second kappa shape index (κ2) is 7.63. The summed E-state index contributed by atoms with van der Waals surface area (Å²) in [4.78, 5) is 16.7. The Hall–Kier alpha value is -2.44. The van der Waals surface area contributed by atoms with Gasteiger partial charge in [-0.15, -0.1) is 0 Å². The van der Waals surface area contributed by atoms with E-state index < -0.39 is 5.82 Å². The van der Waals surface area contributed by atoms with Crippen molar-refractivity contribution in [1.82, 2.24) is 19.4 Å². The first-order valence-corrected chi connectivity index (χ1v) is 8.24. The minimum Gasteiger partial charge on any atom is -0.336 e. The molecular weight excluding hydrogens is 343 g/mol. The van der Waals surface area contributed by atoms with Crippen LogP contribution < -0.4 is 10.9 Å². The van der Waals surface area contributed by atoms with Crippen molar-refractivity contribution in [3.8, 4) is 0 Å². The van der Waals surface area contributed by atoms with Gasteiger partial charge >= 0.3 is 0 Å². The number of benzene rings is 1. The van der Waals surface area contributed by atoms with E-state index >= 15 is 0 Å². The van der Waals surface area contributed by atoms with Crippen LogP contribution in [0.5, 0.6) is 0 Å². The number of rotatable bonds is 7. The molecule has 1 N–H and O–H groups in total. The van der Waals surface area contributed by atoms with E-state index in [-0.39, 0.29) is 12.1 Å². The van der Waals surface area contributed by atoms with Gasteiger partial charge in [-0.1, -0.05) is 18.2 Å². The topological polar surface area (TPSA) is 51.9 Å². The van der Waals surface area contributed by atoms with Crippen molar-refractivity contribution in [3.05, 3.63) is 76.3 Å². The molecule has 0 saturated heterocycles. The molecule has 3 rings (SSSR count). The Labute approximate surface area is 149 Å². The predicted octanol–water partition coefficient (Wildman–Crippen LogP) is 2.88. The Morgan fingerprint density at radius 1 is 1.36 bits per heavy atom. The summed E-state index contributed by atoms with van der Waals surface area (Å²) in [6.45, 7) is 5.65. The molecule has 0 aliphatic rings. The van der Waals surface area contributed by atoms with Gasteiger partial charge in [-0.25, -0.2) is 9.37 Å². The van der Waals surface area contributed by atoms with E-state index in [1.54, 1.807) is 24.7 Å². The zero-order valence-electron chi connectivity index (χ0n) is 13.6. The molecule has 0 aliphatic carbocycles. The number of nitrogens with zero attached hydrogens (tertiary/aromatic N) is 3. The smallest absolute Gasteiger partial charge is 0.255 e. The minimum atomic E-state index is -0.396. The maximum absolute atomic E-state index is 13.6. The number of hydrogen-bond acceptors (Lipinski definition) is 3. The van der Waals surface area contributed by atoms with Gasteiger partial charge in [0.05, 0.1) is 18.4 Å². The Kier molecular flexibility index (Phi) is 5.31. The fraction of sp³-hybridized carbons (Fsp3) is 0.222. The molecule has 0 fully saturated rings. The molecule has 130 valence electrons. The molecule has 0 unspecified atom stereocenters. The first kappa shape index (κ1) is 17.4. The lowest BCUT2D eigenvalue weighted by Crippen LogP contribution is -2.29. The monoisotopic (exact) mass is 360 g/mol. The third-order valence-electron chi connectivity index (χ3n) is 3.88. The maximum Gasteiger partial charge on any atom is 0.255 e. The minimum absolute atomic E-state index is 0.142. The molecule has 0 spiro atoms. The number of imidazole rings is 1. The molecule has 3 aromatic rings. The average Bonchev–Trinajstić information content (AvgIpc) is 3.08. The van der Waals surface area contributed by atoms with Gasteiger partial charge in [-0.3, -0.25) is 4.79 Å². The number of allylic oxidation sites excluding steroid dienone is 1.